The highest BCUT2D eigenvalue weighted by atomic mass is 16.1. The molecule has 0 unspecified atom stereocenters. The van der Waals surface area contributed by atoms with Gasteiger partial charge in [-0.05, 0) is 38.2 Å². The van der Waals surface area contributed by atoms with Gasteiger partial charge in [-0.1, -0.05) is 36.8 Å². The van der Waals surface area contributed by atoms with Crippen molar-refractivity contribution < 1.29 is 4.79 Å². The van der Waals surface area contributed by atoms with Gasteiger partial charge >= 0.3 is 0 Å². The van der Waals surface area contributed by atoms with Crippen LogP contribution in [0.2, 0.25) is 0 Å². The second-order valence-electron chi connectivity index (χ2n) is 4.40. The lowest BCUT2D eigenvalue weighted by Crippen LogP contribution is -2.25. The van der Waals surface area contributed by atoms with E-state index in [1.165, 1.54) is 5.57 Å². The van der Waals surface area contributed by atoms with Gasteiger partial charge in [-0.15, -0.1) is 6.58 Å². The molecule has 2 nitrogen and oxygen atoms in total. The number of nitrogens with one attached hydrogen (secondary N) is 1. The minimum atomic E-state index is 0.0376. The van der Waals surface area contributed by atoms with Crippen LogP contribution in [0.15, 0.2) is 48.1 Å². The van der Waals surface area contributed by atoms with Crippen molar-refractivity contribution in [3.63, 3.8) is 0 Å². The van der Waals surface area contributed by atoms with Crippen molar-refractivity contribution in [3.05, 3.63) is 48.1 Å². The average molecular weight is 245 g/mol. The second kappa shape index (κ2) is 8.51. The van der Waals surface area contributed by atoms with Gasteiger partial charge in [0.2, 0.25) is 0 Å². The Kier molecular flexibility index (Phi) is 6.85. The zero-order valence-electron chi connectivity index (χ0n) is 11.2. The third-order valence-electron chi connectivity index (χ3n) is 2.99. The molecule has 1 rings (SSSR count). The van der Waals surface area contributed by atoms with Gasteiger partial charge in [-0.25, -0.2) is 0 Å². The van der Waals surface area contributed by atoms with Crippen molar-refractivity contribution in [2.24, 2.45) is 0 Å². The molecule has 1 amide bonds. The van der Waals surface area contributed by atoms with Gasteiger partial charge in [-0.3, -0.25) is 4.79 Å². The van der Waals surface area contributed by atoms with Crippen LogP contribution in [-0.2, 0) is 4.79 Å². The Balaban J connectivity index is 2.34. The number of amides is 1. The number of carbonyl (C=O) groups is 1. The summed E-state index contributed by atoms with van der Waals surface area (Å²) in [6.07, 6.45) is 15.0. The highest BCUT2D eigenvalue weighted by Crippen LogP contribution is 2.13. The zero-order valence-corrected chi connectivity index (χ0v) is 11.2. The van der Waals surface area contributed by atoms with Crippen molar-refractivity contribution in [2.75, 3.05) is 6.54 Å². The van der Waals surface area contributed by atoms with E-state index in [1.807, 2.05) is 24.3 Å². The number of allylic oxidation sites excluding steroid dienone is 5. The molecule has 98 valence electrons. The van der Waals surface area contributed by atoms with Crippen molar-refractivity contribution in [3.8, 4) is 0 Å². The molecule has 0 aliphatic heterocycles. The number of unbranched alkanes of at least 4 members (excludes halogenated alkanes) is 2. The van der Waals surface area contributed by atoms with Gasteiger partial charge < -0.3 is 5.32 Å². The van der Waals surface area contributed by atoms with Gasteiger partial charge in [0.05, 0.1) is 0 Å². The average Bonchev–Trinajstić information content (AvgIpc) is 2.63. The topological polar surface area (TPSA) is 29.1 Å². The predicted octanol–water partition coefficient (Wildman–Crippen LogP) is 3.68. The first-order valence-corrected chi connectivity index (χ1v) is 6.74. The van der Waals surface area contributed by atoms with Crippen LogP contribution in [0.5, 0.6) is 0 Å². The lowest BCUT2D eigenvalue weighted by Gasteiger charge is -2.04. The first-order chi connectivity index (χ1) is 8.77. The van der Waals surface area contributed by atoms with Gasteiger partial charge in [-0.2, -0.15) is 0 Å². The summed E-state index contributed by atoms with van der Waals surface area (Å²) in [6.45, 7) is 6.55. The Hall–Kier alpha value is -1.57. The molecule has 18 heavy (non-hydrogen) atoms. The highest BCUT2D eigenvalue weighted by Gasteiger charge is 2.06. The van der Waals surface area contributed by atoms with Gasteiger partial charge in [0.25, 0.3) is 5.91 Å². The molecule has 0 fully saturated rings. The Morgan fingerprint density at radius 3 is 2.94 bits per heavy atom. The molecule has 0 bridgehead atoms. The fourth-order valence-electron chi connectivity index (χ4n) is 1.82. The molecule has 1 aliphatic carbocycles. The summed E-state index contributed by atoms with van der Waals surface area (Å²) >= 11 is 0. The maximum atomic E-state index is 11.9. The Labute approximate surface area is 110 Å². The lowest BCUT2D eigenvalue weighted by molar-refractivity contribution is -0.117. The number of hydrogen-bond donors (Lipinski definition) is 1. The van der Waals surface area contributed by atoms with Crippen molar-refractivity contribution in [1.82, 2.24) is 5.32 Å². The number of rotatable bonds is 7. The molecular weight excluding hydrogens is 222 g/mol. The maximum Gasteiger partial charge on any atom is 0.250 e. The molecule has 0 aromatic rings. The molecule has 0 aromatic carbocycles. The monoisotopic (exact) mass is 245 g/mol. The molecule has 0 spiro atoms. The quantitative estimate of drug-likeness (QED) is 0.538. The highest BCUT2D eigenvalue weighted by molar-refractivity contribution is 5.96. The van der Waals surface area contributed by atoms with Crippen LogP contribution in [0.3, 0.4) is 0 Å². The summed E-state index contributed by atoms with van der Waals surface area (Å²) in [6, 6.07) is 0. The van der Waals surface area contributed by atoms with E-state index in [-0.39, 0.29) is 5.91 Å². The molecule has 0 heterocycles. The summed E-state index contributed by atoms with van der Waals surface area (Å²) < 4.78 is 0. The summed E-state index contributed by atoms with van der Waals surface area (Å²) in [5.74, 6) is 0.0376. The SMILES string of the molecule is C=CCCCCNC(=O)C1=CCC=C(CC)C=C1. The maximum absolute atomic E-state index is 11.9. The summed E-state index contributed by atoms with van der Waals surface area (Å²) in [5.41, 5.74) is 2.07. The van der Waals surface area contributed by atoms with Crippen molar-refractivity contribution >= 4 is 5.91 Å². The fraction of sp³-hybridized carbons (Fsp3) is 0.438. The van der Waals surface area contributed by atoms with E-state index in [0.29, 0.717) is 0 Å². The van der Waals surface area contributed by atoms with Crippen LogP contribution in [0.1, 0.15) is 39.0 Å². The van der Waals surface area contributed by atoms with Crippen molar-refractivity contribution in [1.29, 1.82) is 0 Å². The molecular formula is C16H23NO. The van der Waals surface area contributed by atoms with E-state index in [2.05, 4.69) is 24.9 Å². The largest absolute Gasteiger partial charge is 0.352 e. The third kappa shape index (κ3) is 5.17. The smallest absolute Gasteiger partial charge is 0.250 e. The number of hydrogen-bond acceptors (Lipinski definition) is 1. The second-order valence-corrected chi connectivity index (χ2v) is 4.40. The van der Waals surface area contributed by atoms with Crippen LogP contribution in [-0.4, -0.2) is 12.5 Å². The van der Waals surface area contributed by atoms with Crippen LogP contribution < -0.4 is 5.32 Å². The molecule has 0 aromatic heterocycles. The van der Waals surface area contributed by atoms with E-state index in [0.717, 1.165) is 44.2 Å². The van der Waals surface area contributed by atoms with Crippen molar-refractivity contribution in [2.45, 2.75) is 39.0 Å². The minimum Gasteiger partial charge on any atom is -0.352 e. The molecule has 0 saturated heterocycles. The first kappa shape index (κ1) is 14.5. The summed E-state index contributed by atoms with van der Waals surface area (Å²) in [5, 5.41) is 2.96. The molecule has 2 heteroatoms. The van der Waals surface area contributed by atoms with E-state index >= 15 is 0 Å². The number of carbonyl (C=O) groups excluding carboxylic acids is 1. The van der Waals surface area contributed by atoms with Gasteiger partial charge in [0.15, 0.2) is 0 Å². The summed E-state index contributed by atoms with van der Waals surface area (Å²) in [4.78, 5) is 11.9. The minimum absolute atomic E-state index is 0.0376. The summed E-state index contributed by atoms with van der Waals surface area (Å²) in [7, 11) is 0. The zero-order chi connectivity index (χ0) is 13.2. The van der Waals surface area contributed by atoms with Crippen LogP contribution >= 0.6 is 0 Å². The molecule has 1 aliphatic rings. The lowest BCUT2D eigenvalue weighted by atomic mass is 10.1. The predicted molar refractivity (Wildman–Crippen MR) is 77.3 cm³/mol. The van der Waals surface area contributed by atoms with Crippen LogP contribution in [0.25, 0.3) is 0 Å². The Bertz CT molecular complexity index is 375. The molecule has 0 atom stereocenters. The fourth-order valence-corrected chi connectivity index (χ4v) is 1.82. The van der Waals surface area contributed by atoms with E-state index in [1.54, 1.807) is 0 Å². The Morgan fingerprint density at radius 2 is 2.22 bits per heavy atom. The standard InChI is InChI=1S/C16H23NO/c1-3-5-6-7-13-17-16(18)15-10-8-9-14(4-2)11-12-15/h3,9-12H,1,4-8,13H2,2H3,(H,17,18). The van der Waals surface area contributed by atoms with E-state index in [4.69, 9.17) is 0 Å². The van der Waals surface area contributed by atoms with Gasteiger partial charge in [0, 0.05) is 12.1 Å². The van der Waals surface area contributed by atoms with E-state index in [9.17, 15) is 4.79 Å². The van der Waals surface area contributed by atoms with E-state index < -0.39 is 0 Å². The first-order valence-electron chi connectivity index (χ1n) is 6.74. The molecule has 0 saturated carbocycles. The van der Waals surface area contributed by atoms with Gasteiger partial charge in [0.1, 0.15) is 0 Å². The Morgan fingerprint density at radius 1 is 1.39 bits per heavy atom. The van der Waals surface area contributed by atoms with Crippen LogP contribution in [0.4, 0.5) is 0 Å². The van der Waals surface area contributed by atoms with Crippen LogP contribution in [0, 0.1) is 0 Å². The molecule has 0 radical (unpaired) electrons. The normalized spacial score (nSPS) is 14.5. The molecule has 1 N–H and O–H groups in total. The third-order valence-corrected chi connectivity index (χ3v) is 2.99.